The van der Waals surface area contributed by atoms with Crippen LogP contribution in [0.1, 0.15) is 70.2 Å². The maximum absolute atomic E-state index is 3.53. The number of rotatable bonds is 0. The molecule has 4 rings (SSSR count). The average molecular weight is 594 g/mol. The van der Waals surface area contributed by atoms with Crippen molar-refractivity contribution in [2.75, 3.05) is 0 Å². The number of benzene rings is 2. The molecule has 2 aromatic carbocycles. The molecule has 0 N–H and O–H groups in total. The minimum atomic E-state index is 0. The van der Waals surface area contributed by atoms with Gasteiger partial charge in [-0.1, -0.05) is 76.3 Å². The minimum absolute atomic E-state index is 0. The van der Waals surface area contributed by atoms with E-state index in [4.69, 9.17) is 0 Å². The van der Waals surface area contributed by atoms with E-state index in [0.29, 0.717) is 0 Å². The Morgan fingerprint density at radius 3 is 1.93 bits per heavy atom. The Morgan fingerprint density at radius 1 is 0.828 bits per heavy atom. The number of fused-ring (bicyclic) bond motifs is 3. The molecule has 0 radical (unpaired) electrons. The van der Waals surface area contributed by atoms with E-state index in [1.54, 1.807) is 0 Å². The quantitative estimate of drug-likeness (QED) is 0.341. The Morgan fingerprint density at radius 2 is 1.45 bits per heavy atom. The predicted molar refractivity (Wildman–Crippen MR) is 112 cm³/mol. The van der Waals surface area contributed by atoms with Gasteiger partial charge in [0.05, 0.1) is 0 Å². The number of hydrogen-bond acceptors (Lipinski definition) is 0. The van der Waals surface area contributed by atoms with E-state index >= 15 is 0 Å². The first-order valence-corrected chi connectivity index (χ1v) is 9.57. The summed E-state index contributed by atoms with van der Waals surface area (Å²) in [7, 11) is 0. The van der Waals surface area contributed by atoms with Gasteiger partial charge in [0.15, 0.2) is 0 Å². The molecule has 0 saturated heterocycles. The smallest absolute Gasteiger partial charge is 1.00 e. The number of halogens is 2. The van der Waals surface area contributed by atoms with Crippen molar-refractivity contribution < 1.29 is 60.2 Å². The summed E-state index contributed by atoms with van der Waals surface area (Å²) in [6.07, 6.45) is 11.0. The number of allylic oxidation sites excluding steroid dienone is 4. The Hall–Kier alpha value is -0.237. The molecule has 0 amide bonds. The Balaban J connectivity index is 0.000000863. The van der Waals surface area contributed by atoms with Gasteiger partial charge in [0.2, 0.25) is 0 Å². The van der Waals surface area contributed by atoms with E-state index in [1.807, 2.05) is 12.2 Å². The summed E-state index contributed by atoms with van der Waals surface area (Å²) in [6.45, 7) is 13.6. The maximum Gasteiger partial charge on any atom is 4.00 e. The van der Waals surface area contributed by atoms with Crippen LogP contribution in [0, 0.1) is 12.1 Å². The van der Waals surface area contributed by atoms with Crippen molar-refractivity contribution >= 4 is 0 Å². The molecule has 0 atom stereocenters. The van der Waals surface area contributed by atoms with Crippen LogP contribution in [-0.4, -0.2) is 0 Å². The summed E-state index contributed by atoms with van der Waals surface area (Å²) in [5.41, 5.74) is 8.76. The van der Waals surface area contributed by atoms with Crippen LogP contribution in [0.4, 0.5) is 0 Å². The Bertz CT molecular complexity index is 794. The summed E-state index contributed by atoms with van der Waals surface area (Å²) < 4.78 is 0. The molecule has 152 valence electrons. The van der Waals surface area contributed by atoms with Crippen molar-refractivity contribution in [3.63, 3.8) is 0 Å². The van der Waals surface area contributed by atoms with E-state index in [2.05, 4.69) is 90.1 Å². The van der Waals surface area contributed by atoms with E-state index in [-0.39, 0.29) is 71.0 Å². The van der Waals surface area contributed by atoms with Crippen molar-refractivity contribution in [2.24, 2.45) is 0 Å². The monoisotopic (exact) mass is 590 g/mol. The van der Waals surface area contributed by atoms with Gasteiger partial charge in [0, 0.05) is 0 Å². The minimum Gasteiger partial charge on any atom is -1.00 e. The summed E-state index contributed by atoms with van der Waals surface area (Å²) in [6, 6.07) is 15.1. The zero-order chi connectivity index (χ0) is 18.9. The van der Waals surface area contributed by atoms with E-state index in [1.165, 1.54) is 33.4 Å². The van der Waals surface area contributed by atoms with Crippen molar-refractivity contribution in [1.29, 1.82) is 0 Å². The van der Waals surface area contributed by atoms with Crippen molar-refractivity contribution in [2.45, 2.75) is 65.2 Å². The zero-order valence-corrected chi connectivity index (χ0v) is 23.9. The molecule has 0 nitrogen and oxygen atoms in total. The van der Waals surface area contributed by atoms with Crippen LogP contribution < -0.4 is 34.0 Å². The fourth-order valence-electron chi connectivity index (χ4n) is 3.32. The van der Waals surface area contributed by atoms with Crippen LogP contribution >= 0.6 is 0 Å². The van der Waals surface area contributed by atoms with Gasteiger partial charge in [-0.15, -0.1) is 12.0 Å². The molecule has 0 spiro atoms. The third-order valence-electron chi connectivity index (χ3n) is 5.11. The first-order chi connectivity index (χ1) is 12.2. The molecule has 0 fully saturated rings. The molecule has 29 heavy (non-hydrogen) atoms. The van der Waals surface area contributed by atoms with Crippen LogP contribution in [0.25, 0.3) is 11.1 Å². The maximum atomic E-state index is 3.53. The van der Waals surface area contributed by atoms with Crippen molar-refractivity contribution in [3.05, 3.63) is 83.0 Å². The average Bonchev–Trinajstić information content (AvgIpc) is 3.23. The Labute approximate surface area is 217 Å². The first kappa shape index (κ1) is 28.8. The molecule has 0 aromatic heterocycles. The van der Waals surface area contributed by atoms with Crippen LogP contribution in [-0.2, 0) is 43.5 Å². The molecule has 3 heteroatoms. The normalized spacial score (nSPS) is 13.2. The predicted octanol–water partition coefficient (Wildman–Crippen LogP) is 0.964. The third-order valence-corrected chi connectivity index (χ3v) is 5.11. The van der Waals surface area contributed by atoms with E-state index in [0.717, 1.165) is 12.8 Å². The van der Waals surface area contributed by atoms with Crippen LogP contribution in [0.5, 0.6) is 0 Å². The molecule has 0 saturated carbocycles. The molecular formula is C26H30Br2Zr. The standard InChI is InChI=1S/C21H25.C5H5.2BrH.Zr/c1-20(2,3)16-9-7-14-11-15-8-10-17(21(4,5)6)13-19(15)18(14)12-16;1-2-4-5-3-1;;;/h7,9-10,12-13H,11H2,1-6H3;1-3H,4H2;2*1H;/q2*-1;;;+4/p-2. The molecular weight excluding hydrogens is 563 g/mol. The van der Waals surface area contributed by atoms with Crippen molar-refractivity contribution in [3.8, 4) is 11.1 Å². The van der Waals surface area contributed by atoms with Crippen LogP contribution in [0.15, 0.2) is 48.6 Å². The van der Waals surface area contributed by atoms with Crippen LogP contribution in [0.3, 0.4) is 0 Å². The van der Waals surface area contributed by atoms with Gasteiger partial charge in [0.25, 0.3) is 0 Å². The zero-order valence-electron chi connectivity index (χ0n) is 18.3. The summed E-state index contributed by atoms with van der Waals surface area (Å²) in [5.74, 6) is 0. The Kier molecular flexibility index (Phi) is 11.3. The molecule has 2 aliphatic carbocycles. The molecule has 2 aliphatic rings. The van der Waals surface area contributed by atoms with Gasteiger partial charge in [-0.2, -0.15) is 35.4 Å². The third kappa shape index (κ3) is 7.15. The molecule has 0 aliphatic heterocycles. The molecule has 0 heterocycles. The van der Waals surface area contributed by atoms with E-state index in [9.17, 15) is 0 Å². The molecule has 0 bridgehead atoms. The largest absolute Gasteiger partial charge is 4.00 e. The summed E-state index contributed by atoms with van der Waals surface area (Å²) in [4.78, 5) is 0. The second kappa shape index (κ2) is 11.4. The summed E-state index contributed by atoms with van der Waals surface area (Å²) >= 11 is 0. The first-order valence-electron chi connectivity index (χ1n) is 9.57. The van der Waals surface area contributed by atoms with Gasteiger partial charge in [0.1, 0.15) is 0 Å². The second-order valence-electron chi connectivity index (χ2n) is 9.33. The van der Waals surface area contributed by atoms with Gasteiger partial charge in [-0.25, -0.2) is 12.2 Å². The fraction of sp³-hybridized carbons (Fsp3) is 0.385. The van der Waals surface area contributed by atoms with Gasteiger partial charge >= 0.3 is 26.2 Å². The molecule has 0 unspecified atom stereocenters. The molecule has 2 aromatic rings. The summed E-state index contributed by atoms with van der Waals surface area (Å²) in [5, 5.41) is 0. The van der Waals surface area contributed by atoms with Crippen molar-refractivity contribution in [1.82, 2.24) is 0 Å². The van der Waals surface area contributed by atoms with Crippen LogP contribution in [0.2, 0.25) is 0 Å². The second-order valence-corrected chi connectivity index (χ2v) is 9.33. The fourth-order valence-corrected chi connectivity index (χ4v) is 3.32. The SMILES string of the molecule is CC(C)(C)c1c[c-]c2c(c1)-c1cc(C(C)(C)C)ccc1C2.[Br-].[Br-].[C-]1=CC=CC1.[Zr+4]. The van der Waals surface area contributed by atoms with E-state index < -0.39 is 0 Å². The van der Waals surface area contributed by atoms with Gasteiger partial charge in [-0.05, 0) is 17.4 Å². The van der Waals surface area contributed by atoms with Gasteiger partial charge in [-0.3, -0.25) is 6.08 Å². The number of hydrogen-bond donors (Lipinski definition) is 0. The topological polar surface area (TPSA) is 0 Å². The van der Waals surface area contributed by atoms with Gasteiger partial charge < -0.3 is 34.0 Å².